The van der Waals surface area contributed by atoms with Crippen LogP contribution in [0.5, 0.6) is 5.75 Å². The van der Waals surface area contributed by atoms with E-state index < -0.39 is 5.60 Å². The molecule has 0 N–H and O–H groups in total. The number of terminal acetylenes is 1. The van der Waals surface area contributed by atoms with Gasteiger partial charge in [0.05, 0.1) is 6.61 Å². The number of hydrogen-bond donors (Lipinski definition) is 0. The molecular formula is C18H13ClO3. The maximum Gasteiger partial charge on any atom is 0.201 e. The van der Waals surface area contributed by atoms with Gasteiger partial charge in [0.15, 0.2) is 5.60 Å². The van der Waals surface area contributed by atoms with Gasteiger partial charge in [-0.3, -0.25) is 4.79 Å². The van der Waals surface area contributed by atoms with Gasteiger partial charge < -0.3 is 9.47 Å². The minimum absolute atomic E-state index is 0.110. The zero-order chi connectivity index (χ0) is 15.6. The summed E-state index contributed by atoms with van der Waals surface area (Å²) in [5.41, 5.74) is 0.262. The standard InChI is InChI=1S/C18H13ClO3/c1-2-11-21-16-6-4-3-5-15(16)18(12-22-18)17(20)13-7-9-14(19)10-8-13/h1,3-10H,11-12H2. The van der Waals surface area contributed by atoms with Crippen LogP contribution in [0.3, 0.4) is 0 Å². The number of benzene rings is 2. The molecule has 0 saturated carbocycles. The zero-order valence-electron chi connectivity index (χ0n) is 11.7. The van der Waals surface area contributed by atoms with E-state index in [1.807, 2.05) is 18.2 Å². The molecule has 0 aromatic heterocycles. The lowest BCUT2D eigenvalue weighted by Crippen LogP contribution is -2.23. The van der Waals surface area contributed by atoms with Crippen LogP contribution in [-0.2, 0) is 10.3 Å². The highest BCUT2D eigenvalue weighted by Crippen LogP contribution is 2.45. The van der Waals surface area contributed by atoms with E-state index in [2.05, 4.69) is 5.92 Å². The average Bonchev–Trinajstić information content (AvgIpc) is 3.35. The molecule has 1 fully saturated rings. The van der Waals surface area contributed by atoms with Crippen LogP contribution < -0.4 is 4.74 Å². The predicted octanol–water partition coefficient (Wildman–Crippen LogP) is 3.46. The number of ether oxygens (including phenoxy) is 2. The molecule has 110 valence electrons. The number of Topliss-reactive ketones (excluding diaryl/α,β-unsaturated/α-hetero) is 1. The van der Waals surface area contributed by atoms with Crippen molar-refractivity contribution >= 4 is 17.4 Å². The Morgan fingerprint density at radius 1 is 1.27 bits per heavy atom. The third-order valence-corrected chi connectivity index (χ3v) is 3.79. The van der Waals surface area contributed by atoms with Gasteiger partial charge in [0, 0.05) is 16.1 Å². The molecule has 0 bridgehead atoms. The summed E-state index contributed by atoms with van der Waals surface area (Å²) in [5.74, 6) is 2.88. The molecule has 0 radical (unpaired) electrons. The number of epoxide rings is 1. The van der Waals surface area contributed by atoms with E-state index in [9.17, 15) is 4.79 Å². The Morgan fingerprint density at radius 2 is 1.95 bits per heavy atom. The predicted molar refractivity (Wildman–Crippen MR) is 84.2 cm³/mol. The third-order valence-electron chi connectivity index (χ3n) is 3.54. The topological polar surface area (TPSA) is 38.8 Å². The highest BCUT2D eigenvalue weighted by Gasteiger charge is 2.55. The molecule has 3 nitrogen and oxygen atoms in total. The van der Waals surface area contributed by atoms with Crippen LogP contribution in [0.25, 0.3) is 0 Å². The lowest BCUT2D eigenvalue weighted by molar-refractivity contribution is 0.0867. The van der Waals surface area contributed by atoms with Crippen molar-refractivity contribution in [1.82, 2.24) is 0 Å². The molecule has 1 aliphatic heterocycles. The van der Waals surface area contributed by atoms with Crippen LogP contribution >= 0.6 is 11.6 Å². The van der Waals surface area contributed by atoms with E-state index in [1.54, 1.807) is 30.3 Å². The van der Waals surface area contributed by atoms with E-state index in [4.69, 9.17) is 27.5 Å². The van der Waals surface area contributed by atoms with Gasteiger partial charge >= 0.3 is 0 Å². The first-order valence-electron chi connectivity index (χ1n) is 6.77. The Balaban J connectivity index is 1.95. The maximum atomic E-state index is 12.8. The highest BCUT2D eigenvalue weighted by molar-refractivity contribution is 6.30. The third kappa shape index (κ3) is 2.59. The van der Waals surface area contributed by atoms with E-state index in [1.165, 1.54) is 0 Å². The van der Waals surface area contributed by atoms with Crippen molar-refractivity contribution < 1.29 is 14.3 Å². The van der Waals surface area contributed by atoms with Crippen LogP contribution in [0.15, 0.2) is 48.5 Å². The Hall–Kier alpha value is -2.28. The molecule has 1 unspecified atom stereocenters. The number of carbonyl (C=O) groups excluding carboxylic acids is 1. The van der Waals surface area contributed by atoms with Crippen molar-refractivity contribution in [3.05, 3.63) is 64.7 Å². The van der Waals surface area contributed by atoms with Crippen LogP contribution in [-0.4, -0.2) is 19.0 Å². The Morgan fingerprint density at radius 3 is 2.59 bits per heavy atom. The van der Waals surface area contributed by atoms with Crippen molar-refractivity contribution in [3.8, 4) is 18.1 Å². The summed E-state index contributed by atoms with van der Waals surface area (Å²) >= 11 is 5.86. The van der Waals surface area contributed by atoms with Crippen molar-refractivity contribution in [2.45, 2.75) is 5.60 Å². The monoisotopic (exact) mass is 312 g/mol. The SMILES string of the molecule is C#CCOc1ccccc1C1(C(=O)c2ccc(Cl)cc2)CO1. The Labute approximate surface area is 133 Å². The molecule has 1 saturated heterocycles. The number of carbonyl (C=O) groups is 1. The van der Waals surface area contributed by atoms with Gasteiger partial charge in [-0.2, -0.15) is 0 Å². The normalized spacial score (nSPS) is 19.3. The first kappa shape index (κ1) is 14.6. The van der Waals surface area contributed by atoms with E-state index in [0.717, 1.165) is 0 Å². The molecule has 1 aliphatic rings. The van der Waals surface area contributed by atoms with Crippen molar-refractivity contribution in [2.24, 2.45) is 0 Å². The number of para-hydroxylation sites is 1. The zero-order valence-corrected chi connectivity index (χ0v) is 12.5. The second-order valence-electron chi connectivity index (χ2n) is 4.94. The minimum atomic E-state index is -0.987. The summed E-state index contributed by atoms with van der Waals surface area (Å²) in [5, 5.41) is 0.583. The van der Waals surface area contributed by atoms with Gasteiger partial charge in [-0.05, 0) is 30.3 Å². The largest absolute Gasteiger partial charge is 0.481 e. The van der Waals surface area contributed by atoms with E-state index in [0.29, 0.717) is 28.5 Å². The Kier molecular flexibility index (Phi) is 3.89. The molecular weight excluding hydrogens is 300 g/mol. The second kappa shape index (κ2) is 5.84. The fourth-order valence-electron chi connectivity index (χ4n) is 2.36. The number of ketones is 1. The van der Waals surface area contributed by atoms with Crippen molar-refractivity contribution in [1.29, 1.82) is 0 Å². The van der Waals surface area contributed by atoms with Gasteiger partial charge in [0.2, 0.25) is 5.78 Å². The summed E-state index contributed by atoms with van der Waals surface area (Å²) in [6.07, 6.45) is 5.23. The average molecular weight is 313 g/mol. The summed E-state index contributed by atoms with van der Waals surface area (Å²) in [7, 11) is 0. The summed E-state index contributed by atoms with van der Waals surface area (Å²) in [6, 6.07) is 14.0. The lowest BCUT2D eigenvalue weighted by atomic mass is 9.90. The van der Waals surface area contributed by atoms with Crippen LogP contribution in [0.4, 0.5) is 0 Å². The minimum Gasteiger partial charge on any atom is -0.481 e. The number of halogens is 1. The summed E-state index contributed by atoms with van der Waals surface area (Å²) < 4.78 is 11.1. The van der Waals surface area contributed by atoms with Gasteiger partial charge in [0.25, 0.3) is 0 Å². The molecule has 4 heteroatoms. The van der Waals surface area contributed by atoms with Crippen LogP contribution in [0.2, 0.25) is 5.02 Å². The molecule has 22 heavy (non-hydrogen) atoms. The van der Waals surface area contributed by atoms with Gasteiger partial charge in [-0.15, -0.1) is 6.42 Å². The van der Waals surface area contributed by atoms with Gasteiger partial charge in [-0.25, -0.2) is 0 Å². The molecule has 0 aliphatic carbocycles. The molecule has 0 amide bonds. The molecule has 0 spiro atoms. The highest BCUT2D eigenvalue weighted by atomic mass is 35.5. The van der Waals surface area contributed by atoms with Crippen LogP contribution in [0, 0.1) is 12.3 Å². The molecule has 2 aromatic rings. The van der Waals surface area contributed by atoms with E-state index in [-0.39, 0.29) is 12.4 Å². The summed E-state index contributed by atoms with van der Waals surface area (Å²) in [6.45, 7) is 0.465. The Bertz CT molecular complexity index is 740. The fourth-order valence-corrected chi connectivity index (χ4v) is 2.49. The quantitative estimate of drug-likeness (QED) is 0.482. The first-order valence-corrected chi connectivity index (χ1v) is 7.15. The molecule has 3 rings (SSSR count). The lowest BCUT2D eigenvalue weighted by Gasteiger charge is -2.15. The van der Waals surface area contributed by atoms with Crippen LogP contribution in [0.1, 0.15) is 15.9 Å². The number of hydrogen-bond acceptors (Lipinski definition) is 3. The van der Waals surface area contributed by atoms with E-state index >= 15 is 0 Å². The summed E-state index contributed by atoms with van der Waals surface area (Å²) in [4.78, 5) is 12.8. The molecule has 1 heterocycles. The molecule has 2 aromatic carbocycles. The van der Waals surface area contributed by atoms with Crippen molar-refractivity contribution in [2.75, 3.05) is 13.2 Å². The molecule has 1 atom stereocenters. The second-order valence-corrected chi connectivity index (χ2v) is 5.38. The van der Waals surface area contributed by atoms with Gasteiger partial charge in [-0.1, -0.05) is 35.7 Å². The number of rotatable bonds is 5. The maximum absolute atomic E-state index is 12.8. The van der Waals surface area contributed by atoms with Crippen molar-refractivity contribution in [3.63, 3.8) is 0 Å². The van der Waals surface area contributed by atoms with Gasteiger partial charge in [0.1, 0.15) is 12.4 Å². The fraction of sp³-hybridized carbons (Fsp3) is 0.167. The smallest absolute Gasteiger partial charge is 0.201 e. The first-order chi connectivity index (χ1) is 10.7.